The summed E-state index contributed by atoms with van der Waals surface area (Å²) in [5.41, 5.74) is 10.3. The van der Waals surface area contributed by atoms with Crippen molar-refractivity contribution >= 4 is 41.4 Å². The zero-order valence-corrected chi connectivity index (χ0v) is 17.7. The highest BCUT2D eigenvalue weighted by Crippen LogP contribution is 2.10. The van der Waals surface area contributed by atoms with Crippen molar-refractivity contribution in [1.82, 2.24) is 16.0 Å². The summed E-state index contributed by atoms with van der Waals surface area (Å²) in [5, 5.41) is 16.5. The van der Waals surface area contributed by atoms with E-state index in [-0.39, 0.29) is 12.5 Å². The normalized spacial score (nSPS) is 14.8. The lowest BCUT2D eigenvalue weighted by molar-refractivity contribution is -0.144. The number of carbonyl (C=O) groups excluding carboxylic acids is 4. The fourth-order valence-electron chi connectivity index (χ4n) is 2.38. The van der Waals surface area contributed by atoms with Gasteiger partial charge in [-0.15, -0.1) is 0 Å². The van der Waals surface area contributed by atoms with Crippen molar-refractivity contribution in [3.63, 3.8) is 0 Å². The molecule has 11 nitrogen and oxygen atoms in total. The minimum absolute atomic E-state index is 0.286. The summed E-state index contributed by atoms with van der Waals surface area (Å²) >= 11 is 1.48. The van der Waals surface area contributed by atoms with Crippen LogP contribution in [0.1, 0.15) is 33.1 Å². The number of aliphatic carboxylic acids is 1. The second-order valence-corrected chi connectivity index (χ2v) is 7.53. The van der Waals surface area contributed by atoms with Crippen LogP contribution in [-0.4, -0.2) is 71.4 Å². The Morgan fingerprint density at radius 1 is 1.03 bits per heavy atom. The molecule has 0 spiro atoms. The molecule has 8 N–H and O–H groups in total. The summed E-state index contributed by atoms with van der Waals surface area (Å²) in [7, 11) is 0. The minimum atomic E-state index is -1.51. The standard InChI is InChI=1S/C17H31N5O6S/c1-4-9(2)14(16(26)21-11(17(27)28)7-12(19)23)22-15(25)10(5-6-29-3)20-13(24)8-18/h9-11,14H,4-8,18H2,1-3H3,(H2,19,23)(H,20,24)(H,21,26)(H,22,25)(H,27,28). The Morgan fingerprint density at radius 2 is 1.66 bits per heavy atom. The maximum Gasteiger partial charge on any atom is 0.326 e. The van der Waals surface area contributed by atoms with Crippen molar-refractivity contribution in [3.05, 3.63) is 0 Å². The van der Waals surface area contributed by atoms with Crippen molar-refractivity contribution in [1.29, 1.82) is 0 Å². The molecule has 0 saturated carbocycles. The second kappa shape index (κ2) is 13.8. The van der Waals surface area contributed by atoms with Crippen LogP contribution in [-0.2, 0) is 24.0 Å². The van der Waals surface area contributed by atoms with Crippen molar-refractivity contribution in [3.8, 4) is 0 Å². The Hall–Kier alpha value is -2.34. The number of amides is 4. The first-order valence-electron chi connectivity index (χ1n) is 9.17. The second-order valence-electron chi connectivity index (χ2n) is 6.55. The molecule has 0 radical (unpaired) electrons. The van der Waals surface area contributed by atoms with E-state index in [4.69, 9.17) is 11.5 Å². The minimum Gasteiger partial charge on any atom is -0.480 e. The molecule has 0 fully saturated rings. The third-order valence-corrected chi connectivity index (χ3v) is 4.90. The zero-order chi connectivity index (χ0) is 22.6. The van der Waals surface area contributed by atoms with Gasteiger partial charge in [-0.25, -0.2) is 4.79 Å². The van der Waals surface area contributed by atoms with Gasteiger partial charge in [0.25, 0.3) is 0 Å². The van der Waals surface area contributed by atoms with E-state index < -0.39 is 54.1 Å². The van der Waals surface area contributed by atoms with Crippen LogP contribution in [0.3, 0.4) is 0 Å². The van der Waals surface area contributed by atoms with E-state index in [1.165, 1.54) is 11.8 Å². The molecule has 0 saturated heterocycles. The van der Waals surface area contributed by atoms with Gasteiger partial charge in [0.1, 0.15) is 18.1 Å². The number of carboxylic acid groups (broad SMARTS) is 1. The zero-order valence-electron chi connectivity index (χ0n) is 16.9. The summed E-state index contributed by atoms with van der Waals surface area (Å²) in [4.78, 5) is 59.2. The molecule has 29 heavy (non-hydrogen) atoms. The van der Waals surface area contributed by atoms with Gasteiger partial charge in [-0.05, 0) is 24.3 Å². The molecule has 0 aromatic carbocycles. The molecule has 0 aliphatic heterocycles. The number of carbonyl (C=O) groups is 5. The molecule has 4 amide bonds. The van der Waals surface area contributed by atoms with Gasteiger partial charge in [-0.1, -0.05) is 20.3 Å². The van der Waals surface area contributed by atoms with Crippen LogP contribution < -0.4 is 27.4 Å². The lowest BCUT2D eigenvalue weighted by atomic mass is 9.97. The fourth-order valence-corrected chi connectivity index (χ4v) is 2.85. The molecule has 4 unspecified atom stereocenters. The number of hydrogen-bond acceptors (Lipinski definition) is 7. The van der Waals surface area contributed by atoms with Gasteiger partial charge in [0.15, 0.2) is 0 Å². The molecule has 0 heterocycles. The van der Waals surface area contributed by atoms with Gasteiger partial charge >= 0.3 is 5.97 Å². The molecule has 0 aliphatic carbocycles. The van der Waals surface area contributed by atoms with E-state index in [9.17, 15) is 29.1 Å². The van der Waals surface area contributed by atoms with Crippen LogP contribution in [0.5, 0.6) is 0 Å². The molecular formula is C17H31N5O6S. The van der Waals surface area contributed by atoms with Gasteiger partial charge in [0.05, 0.1) is 13.0 Å². The summed E-state index contributed by atoms with van der Waals surface area (Å²) < 4.78 is 0. The summed E-state index contributed by atoms with van der Waals surface area (Å²) in [6.07, 6.45) is 2.11. The van der Waals surface area contributed by atoms with Crippen molar-refractivity contribution < 1.29 is 29.1 Å². The molecule has 0 rings (SSSR count). The van der Waals surface area contributed by atoms with E-state index in [2.05, 4.69) is 16.0 Å². The molecule has 0 aromatic rings. The van der Waals surface area contributed by atoms with Crippen molar-refractivity contribution in [2.45, 2.75) is 51.2 Å². The quantitative estimate of drug-likeness (QED) is 0.184. The third-order valence-electron chi connectivity index (χ3n) is 4.26. The summed E-state index contributed by atoms with van der Waals surface area (Å²) in [6, 6.07) is -3.46. The average Bonchev–Trinajstić information content (AvgIpc) is 2.66. The van der Waals surface area contributed by atoms with Gasteiger partial charge in [-0.3, -0.25) is 19.2 Å². The predicted octanol–water partition coefficient (Wildman–Crippen LogP) is -1.84. The SMILES string of the molecule is CCC(C)C(NC(=O)C(CCSC)NC(=O)CN)C(=O)NC(CC(N)=O)C(=O)O. The van der Waals surface area contributed by atoms with Crippen molar-refractivity contribution in [2.75, 3.05) is 18.6 Å². The van der Waals surface area contributed by atoms with Crippen LogP contribution >= 0.6 is 11.8 Å². The molecule has 4 atom stereocenters. The monoisotopic (exact) mass is 433 g/mol. The number of carboxylic acids is 1. The topological polar surface area (TPSA) is 194 Å². The first-order valence-corrected chi connectivity index (χ1v) is 10.6. The highest BCUT2D eigenvalue weighted by molar-refractivity contribution is 7.98. The van der Waals surface area contributed by atoms with Crippen LogP contribution in [0.4, 0.5) is 0 Å². The highest BCUT2D eigenvalue weighted by Gasteiger charge is 2.32. The smallest absolute Gasteiger partial charge is 0.326 e. The highest BCUT2D eigenvalue weighted by atomic mass is 32.2. The van der Waals surface area contributed by atoms with Crippen LogP contribution in [0.25, 0.3) is 0 Å². The Labute approximate surface area is 174 Å². The van der Waals surface area contributed by atoms with E-state index in [0.29, 0.717) is 18.6 Å². The van der Waals surface area contributed by atoms with E-state index >= 15 is 0 Å². The lowest BCUT2D eigenvalue weighted by Gasteiger charge is -2.27. The lowest BCUT2D eigenvalue weighted by Crippen LogP contribution is -2.58. The van der Waals surface area contributed by atoms with Gasteiger partial charge in [0, 0.05) is 0 Å². The van der Waals surface area contributed by atoms with E-state index in [1.807, 2.05) is 6.26 Å². The fraction of sp³-hybridized carbons (Fsp3) is 0.706. The summed E-state index contributed by atoms with van der Waals surface area (Å²) in [6.45, 7) is 3.23. The molecule has 0 aromatic heterocycles. The first kappa shape index (κ1) is 26.7. The van der Waals surface area contributed by atoms with E-state index in [1.54, 1.807) is 13.8 Å². The Bertz CT molecular complexity index is 603. The predicted molar refractivity (Wildman–Crippen MR) is 109 cm³/mol. The Morgan fingerprint density at radius 3 is 2.10 bits per heavy atom. The number of primary amides is 1. The van der Waals surface area contributed by atoms with Crippen LogP contribution in [0.15, 0.2) is 0 Å². The van der Waals surface area contributed by atoms with Gasteiger partial charge in [-0.2, -0.15) is 11.8 Å². The molecular weight excluding hydrogens is 402 g/mol. The summed E-state index contributed by atoms with van der Waals surface area (Å²) in [5.74, 6) is -3.90. The van der Waals surface area contributed by atoms with Crippen LogP contribution in [0.2, 0.25) is 0 Å². The van der Waals surface area contributed by atoms with Crippen molar-refractivity contribution in [2.24, 2.45) is 17.4 Å². The maximum atomic E-state index is 12.7. The molecule has 0 bridgehead atoms. The van der Waals surface area contributed by atoms with E-state index in [0.717, 1.165) is 0 Å². The van der Waals surface area contributed by atoms with Gasteiger partial charge in [0.2, 0.25) is 23.6 Å². The average molecular weight is 434 g/mol. The number of nitrogens with two attached hydrogens (primary N) is 2. The molecule has 12 heteroatoms. The van der Waals surface area contributed by atoms with Gasteiger partial charge < -0.3 is 32.5 Å². The number of thioether (sulfide) groups is 1. The first-order chi connectivity index (χ1) is 13.6. The third kappa shape index (κ3) is 10.1. The number of hydrogen-bond donors (Lipinski definition) is 6. The molecule has 0 aliphatic rings. The Balaban J connectivity index is 5.39. The Kier molecular flexibility index (Phi) is 12.7. The maximum absolute atomic E-state index is 12.7. The largest absolute Gasteiger partial charge is 0.480 e. The molecule has 166 valence electrons. The number of rotatable bonds is 14. The number of nitrogens with one attached hydrogen (secondary N) is 3. The van der Waals surface area contributed by atoms with Crippen LogP contribution in [0, 0.1) is 5.92 Å².